The minimum Gasteiger partial charge on any atom is -0.508 e. The number of hydrogen-bond donors (Lipinski definition) is 2. The molecule has 2 bridgehead atoms. The third-order valence-corrected chi connectivity index (χ3v) is 4.55. The van der Waals surface area contributed by atoms with Crippen LogP contribution in [0.15, 0.2) is 30.5 Å². The van der Waals surface area contributed by atoms with Gasteiger partial charge in [0, 0.05) is 36.8 Å². The molecule has 2 atom stereocenters. The predicted molar refractivity (Wildman–Crippen MR) is 80.2 cm³/mol. The van der Waals surface area contributed by atoms with Gasteiger partial charge in [-0.15, -0.1) is 0 Å². The van der Waals surface area contributed by atoms with Crippen molar-refractivity contribution in [2.75, 3.05) is 18.0 Å². The summed E-state index contributed by atoms with van der Waals surface area (Å²) in [5, 5.41) is 15.6. The van der Waals surface area contributed by atoms with Crippen molar-refractivity contribution in [2.24, 2.45) is 0 Å². The van der Waals surface area contributed by atoms with E-state index < -0.39 is 0 Å². The molecule has 3 heterocycles. The smallest absolute Gasteiger partial charge is 0.136 e. The molecule has 20 heavy (non-hydrogen) atoms. The number of benzene rings is 1. The lowest BCUT2D eigenvalue weighted by Crippen LogP contribution is -2.35. The summed E-state index contributed by atoms with van der Waals surface area (Å²) in [6.07, 6.45) is 5.61. The Morgan fingerprint density at radius 1 is 1.15 bits per heavy atom. The van der Waals surface area contributed by atoms with Crippen molar-refractivity contribution in [1.82, 2.24) is 10.3 Å². The molecule has 0 saturated carbocycles. The van der Waals surface area contributed by atoms with E-state index in [2.05, 4.69) is 15.2 Å². The molecule has 0 radical (unpaired) electrons. The van der Waals surface area contributed by atoms with Gasteiger partial charge in [0.05, 0.1) is 0 Å². The van der Waals surface area contributed by atoms with Crippen LogP contribution in [0.4, 0.5) is 5.82 Å². The standard InChI is InChI=1S/C16H19N3O/c20-14-4-1-11-5-7-17-16(15(11)9-14)19-8-6-12-2-3-13(10-19)18-12/h1,4-5,7,9,12-13,18,20H,2-3,6,8,10H2. The molecular weight excluding hydrogens is 250 g/mol. The van der Waals surface area contributed by atoms with Gasteiger partial charge in [-0.05, 0) is 42.8 Å². The summed E-state index contributed by atoms with van der Waals surface area (Å²) in [6.45, 7) is 2.05. The van der Waals surface area contributed by atoms with Gasteiger partial charge in [0.25, 0.3) is 0 Å². The van der Waals surface area contributed by atoms with Crippen LogP contribution in [0.25, 0.3) is 10.8 Å². The molecule has 2 aliphatic heterocycles. The molecule has 4 rings (SSSR count). The van der Waals surface area contributed by atoms with E-state index in [9.17, 15) is 5.11 Å². The number of nitrogens with one attached hydrogen (secondary N) is 1. The third kappa shape index (κ3) is 2.00. The SMILES string of the molecule is Oc1ccc2ccnc(N3CCC4CCC(C3)N4)c2c1. The molecule has 4 nitrogen and oxygen atoms in total. The maximum atomic E-state index is 9.76. The molecule has 104 valence electrons. The second kappa shape index (κ2) is 4.63. The van der Waals surface area contributed by atoms with Crippen LogP contribution in [0.2, 0.25) is 0 Å². The average Bonchev–Trinajstić information content (AvgIpc) is 2.78. The van der Waals surface area contributed by atoms with Crippen LogP contribution in [0.1, 0.15) is 19.3 Å². The number of nitrogens with zero attached hydrogens (tertiary/aromatic N) is 2. The zero-order valence-corrected chi connectivity index (χ0v) is 11.4. The topological polar surface area (TPSA) is 48.4 Å². The molecule has 4 heteroatoms. The van der Waals surface area contributed by atoms with Crippen LogP contribution in [-0.4, -0.2) is 35.3 Å². The first kappa shape index (κ1) is 12.0. The Bertz CT molecular complexity index is 643. The molecule has 0 amide bonds. The molecular formula is C16H19N3O. The molecule has 2 aliphatic rings. The lowest BCUT2D eigenvalue weighted by Gasteiger charge is -2.26. The zero-order chi connectivity index (χ0) is 13.5. The van der Waals surface area contributed by atoms with E-state index in [1.807, 2.05) is 24.4 Å². The van der Waals surface area contributed by atoms with Gasteiger partial charge < -0.3 is 15.3 Å². The molecule has 0 aliphatic carbocycles. The van der Waals surface area contributed by atoms with Gasteiger partial charge in [-0.3, -0.25) is 0 Å². The van der Waals surface area contributed by atoms with Gasteiger partial charge in [0.2, 0.25) is 0 Å². The van der Waals surface area contributed by atoms with Gasteiger partial charge in [-0.25, -0.2) is 4.98 Å². The molecule has 0 spiro atoms. The largest absolute Gasteiger partial charge is 0.508 e. The van der Waals surface area contributed by atoms with Crippen LogP contribution < -0.4 is 10.2 Å². The van der Waals surface area contributed by atoms with Crippen molar-refractivity contribution in [3.05, 3.63) is 30.5 Å². The number of pyridine rings is 1. The monoisotopic (exact) mass is 269 g/mol. The highest BCUT2D eigenvalue weighted by Gasteiger charge is 2.30. The van der Waals surface area contributed by atoms with E-state index in [1.165, 1.54) is 19.3 Å². The number of phenols is 1. The van der Waals surface area contributed by atoms with E-state index >= 15 is 0 Å². The number of anilines is 1. The lowest BCUT2D eigenvalue weighted by molar-refractivity contribution is 0.476. The van der Waals surface area contributed by atoms with Crippen molar-refractivity contribution >= 4 is 16.6 Å². The summed E-state index contributed by atoms with van der Waals surface area (Å²) in [5.74, 6) is 1.31. The highest BCUT2D eigenvalue weighted by Crippen LogP contribution is 2.30. The molecule has 2 aromatic rings. The fourth-order valence-corrected chi connectivity index (χ4v) is 3.53. The predicted octanol–water partition coefficient (Wildman–Crippen LogP) is 2.27. The Hall–Kier alpha value is -1.81. The van der Waals surface area contributed by atoms with Crippen LogP contribution >= 0.6 is 0 Å². The number of aromatic nitrogens is 1. The second-order valence-electron chi connectivity index (χ2n) is 5.91. The zero-order valence-electron chi connectivity index (χ0n) is 11.4. The molecule has 1 aromatic heterocycles. The van der Waals surface area contributed by atoms with Gasteiger partial charge in [0.1, 0.15) is 11.6 Å². The Balaban J connectivity index is 1.75. The maximum absolute atomic E-state index is 9.76. The average molecular weight is 269 g/mol. The van der Waals surface area contributed by atoms with E-state index in [0.29, 0.717) is 17.8 Å². The Morgan fingerprint density at radius 2 is 2.05 bits per heavy atom. The van der Waals surface area contributed by atoms with E-state index in [1.54, 1.807) is 6.07 Å². The van der Waals surface area contributed by atoms with Crippen LogP contribution in [0, 0.1) is 0 Å². The van der Waals surface area contributed by atoms with Crippen LogP contribution in [0.3, 0.4) is 0 Å². The maximum Gasteiger partial charge on any atom is 0.136 e. The lowest BCUT2D eigenvalue weighted by atomic mass is 10.1. The van der Waals surface area contributed by atoms with Gasteiger partial charge >= 0.3 is 0 Å². The highest BCUT2D eigenvalue weighted by molar-refractivity contribution is 5.93. The summed E-state index contributed by atoms with van der Waals surface area (Å²) in [6, 6.07) is 8.77. The fourth-order valence-electron chi connectivity index (χ4n) is 3.53. The number of rotatable bonds is 1. The van der Waals surface area contributed by atoms with Gasteiger partial charge in [0.15, 0.2) is 0 Å². The highest BCUT2D eigenvalue weighted by atomic mass is 16.3. The summed E-state index contributed by atoms with van der Waals surface area (Å²) in [7, 11) is 0. The van der Waals surface area contributed by atoms with E-state index in [0.717, 1.165) is 29.7 Å². The summed E-state index contributed by atoms with van der Waals surface area (Å²) >= 11 is 0. The van der Waals surface area contributed by atoms with Crippen molar-refractivity contribution in [3.8, 4) is 5.75 Å². The normalized spacial score (nSPS) is 25.9. The quantitative estimate of drug-likeness (QED) is 0.834. The van der Waals surface area contributed by atoms with E-state index in [4.69, 9.17) is 0 Å². The number of aromatic hydroxyl groups is 1. The molecule has 2 fully saturated rings. The van der Waals surface area contributed by atoms with Gasteiger partial charge in [-0.2, -0.15) is 0 Å². The van der Waals surface area contributed by atoms with Crippen LogP contribution in [0.5, 0.6) is 5.75 Å². The van der Waals surface area contributed by atoms with Crippen molar-refractivity contribution < 1.29 is 5.11 Å². The fraction of sp³-hybridized carbons (Fsp3) is 0.438. The third-order valence-electron chi connectivity index (χ3n) is 4.55. The number of hydrogen-bond acceptors (Lipinski definition) is 4. The van der Waals surface area contributed by atoms with Crippen molar-refractivity contribution in [1.29, 1.82) is 0 Å². The van der Waals surface area contributed by atoms with Crippen LogP contribution in [-0.2, 0) is 0 Å². The summed E-state index contributed by atoms with van der Waals surface area (Å²) in [5.41, 5.74) is 0. The Labute approximate surface area is 118 Å². The molecule has 2 saturated heterocycles. The molecule has 2 unspecified atom stereocenters. The minimum absolute atomic E-state index is 0.307. The second-order valence-corrected chi connectivity index (χ2v) is 5.91. The Morgan fingerprint density at radius 3 is 3.00 bits per heavy atom. The molecule has 2 N–H and O–H groups in total. The van der Waals surface area contributed by atoms with Crippen molar-refractivity contribution in [2.45, 2.75) is 31.3 Å². The number of fused-ring (bicyclic) bond motifs is 3. The minimum atomic E-state index is 0.307. The Kier molecular flexibility index (Phi) is 2.77. The van der Waals surface area contributed by atoms with Crippen molar-refractivity contribution in [3.63, 3.8) is 0 Å². The summed E-state index contributed by atoms with van der Waals surface area (Å²) in [4.78, 5) is 6.96. The number of phenolic OH excluding ortho intramolecular Hbond substituents is 1. The summed E-state index contributed by atoms with van der Waals surface area (Å²) < 4.78 is 0. The van der Waals surface area contributed by atoms with Gasteiger partial charge in [-0.1, -0.05) is 6.07 Å². The molecule has 1 aromatic carbocycles. The first-order valence-corrected chi connectivity index (χ1v) is 7.38. The first-order valence-electron chi connectivity index (χ1n) is 7.38. The van der Waals surface area contributed by atoms with E-state index in [-0.39, 0.29) is 0 Å². The first-order chi connectivity index (χ1) is 9.79.